The molecular formula is C14H18N2O4. The van der Waals surface area contributed by atoms with Gasteiger partial charge in [0.2, 0.25) is 0 Å². The van der Waals surface area contributed by atoms with Crippen LogP contribution in [0.2, 0.25) is 0 Å². The number of hydrogen-bond donors (Lipinski definition) is 2. The van der Waals surface area contributed by atoms with Crippen LogP contribution >= 0.6 is 0 Å². The van der Waals surface area contributed by atoms with E-state index < -0.39 is 5.97 Å². The van der Waals surface area contributed by atoms with Gasteiger partial charge in [-0.1, -0.05) is 6.92 Å². The number of anilines is 1. The average Bonchev–Trinajstić information content (AvgIpc) is 2.85. The number of aromatic carboxylic acids is 1. The van der Waals surface area contributed by atoms with Crippen LogP contribution in [-0.4, -0.2) is 42.2 Å². The molecule has 1 aromatic carbocycles. The van der Waals surface area contributed by atoms with Crippen LogP contribution in [0.3, 0.4) is 0 Å². The van der Waals surface area contributed by atoms with E-state index >= 15 is 0 Å². The van der Waals surface area contributed by atoms with E-state index in [0.29, 0.717) is 24.8 Å². The van der Waals surface area contributed by atoms with E-state index in [9.17, 15) is 9.59 Å². The highest BCUT2D eigenvalue weighted by Gasteiger charge is 2.24. The predicted molar refractivity (Wildman–Crippen MR) is 74.3 cm³/mol. The van der Waals surface area contributed by atoms with Gasteiger partial charge in [-0.25, -0.2) is 9.59 Å². The van der Waals surface area contributed by atoms with Crippen molar-refractivity contribution in [3.05, 3.63) is 23.8 Å². The van der Waals surface area contributed by atoms with Crippen LogP contribution in [0, 0.1) is 5.92 Å². The van der Waals surface area contributed by atoms with Gasteiger partial charge in [0, 0.05) is 19.2 Å². The number of nitrogens with zero attached hydrogens (tertiary/aromatic N) is 1. The lowest BCUT2D eigenvalue weighted by Gasteiger charge is -2.18. The van der Waals surface area contributed by atoms with E-state index in [4.69, 9.17) is 9.84 Å². The highest BCUT2D eigenvalue weighted by molar-refractivity contribution is 6.00. The molecule has 6 heteroatoms. The molecule has 0 bridgehead atoms. The summed E-state index contributed by atoms with van der Waals surface area (Å²) in [5.41, 5.74) is 0.299. The van der Waals surface area contributed by atoms with Crippen molar-refractivity contribution in [2.45, 2.75) is 13.3 Å². The first-order chi connectivity index (χ1) is 9.51. The largest absolute Gasteiger partial charge is 0.497 e. The first kappa shape index (κ1) is 14.2. The topological polar surface area (TPSA) is 78.9 Å². The van der Waals surface area contributed by atoms with Gasteiger partial charge in [-0.2, -0.15) is 0 Å². The normalized spacial score (nSPS) is 17.9. The summed E-state index contributed by atoms with van der Waals surface area (Å²) in [6.45, 7) is 3.47. The zero-order valence-corrected chi connectivity index (χ0v) is 11.5. The Morgan fingerprint density at radius 3 is 2.75 bits per heavy atom. The molecule has 1 heterocycles. The van der Waals surface area contributed by atoms with Gasteiger partial charge in [-0.05, 0) is 24.5 Å². The molecule has 6 nitrogen and oxygen atoms in total. The highest BCUT2D eigenvalue weighted by atomic mass is 16.5. The number of carboxylic acids is 1. The second-order valence-electron chi connectivity index (χ2n) is 4.99. The molecule has 0 radical (unpaired) electrons. The number of carbonyl (C=O) groups excluding carboxylic acids is 1. The third-order valence-electron chi connectivity index (χ3n) is 3.41. The maximum atomic E-state index is 12.1. The Bertz CT molecular complexity index is 530. The Hall–Kier alpha value is -2.24. The summed E-state index contributed by atoms with van der Waals surface area (Å²) in [7, 11) is 1.49. The number of hydrogen-bond acceptors (Lipinski definition) is 3. The molecule has 1 aliphatic rings. The molecule has 1 fully saturated rings. The van der Waals surface area contributed by atoms with Crippen molar-refractivity contribution < 1.29 is 19.4 Å². The number of amides is 2. The van der Waals surface area contributed by atoms with Crippen molar-refractivity contribution in [2.24, 2.45) is 5.92 Å². The quantitative estimate of drug-likeness (QED) is 0.889. The van der Waals surface area contributed by atoms with Gasteiger partial charge in [0.15, 0.2) is 0 Å². The third-order valence-corrected chi connectivity index (χ3v) is 3.41. The smallest absolute Gasteiger partial charge is 0.337 e. The zero-order valence-electron chi connectivity index (χ0n) is 11.5. The first-order valence-electron chi connectivity index (χ1n) is 6.48. The molecule has 0 spiro atoms. The lowest BCUT2D eigenvalue weighted by molar-refractivity contribution is 0.0698. The molecule has 20 heavy (non-hydrogen) atoms. The SMILES string of the molecule is COc1ccc(C(=O)O)c(NC(=O)N2CCC(C)C2)c1. The molecule has 1 atom stereocenters. The molecule has 0 saturated carbocycles. The van der Waals surface area contributed by atoms with Crippen LogP contribution in [-0.2, 0) is 0 Å². The van der Waals surface area contributed by atoms with Crippen molar-refractivity contribution >= 4 is 17.7 Å². The van der Waals surface area contributed by atoms with E-state index in [-0.39, 0.29) is 17.3 Å². The van der Waals surface area contributed by atoms with Gasteiger partial charge in [-0.15, -0.1) is 0 Å². The Labute approximate surface area is 117 Å². The second-order valence-corrected chi connectivity index (χ2v) is 4.99. The van der Waals surface area contributed by atoms with Gasteiger partial charge < -0.3 is 20.1 Å². The molecule has 1 aliphatic heterocycles. The van der Waals surface area contributed by atoms with Gasteiger partial charge in [0.05, 0.1) is 18.4 Å². The summed E-state index contributed by atoms with van der Waals surface area (Å²) < 4.78 is 5.06. The molecule has 2 amide bonds. The third kappa shape index (κ3) is 3.01. The monoisotopic (exact) mass is 278 g/mol. The average molecular weight is 278 g/mol. The number of carboxylic acid groups (broad SMARTS) is 1. The van der Waals surface area contributed by atoms with Crippen LogP contribution < -0.4 is 10.1 Å². The van der Waals surface area contributed by atoms with E-state index in [1.165, 1.54) is 19.2 Å². The summed E-state index contributed by atoms with van der Waals surface area (Å²) in [6, 6.07) is 4.21. The second kappa shape index (κ2) is 5.81. The fourth-order valence-corrected chi connectivity index (χ4v) is 2.25. The number of benzene rings is 1. The lowest BCUT2D eigenvalue weighted by Crippen LogP contribution is -2.33. The lowest BCUT2D eigenvalue weighted by atomic mass is 10.1. The van der Waals surface area contributed by atoms with Crippen molar-refractivity contribution in [1.29, 1.82) is 0 Å². The maximum absolute atomic E-state index is 12.1. The summed E-state index contributed by atoms with van der Waals surface area (Å²) >= 11 is 0. The molecule has 2 N–H and O–H groups in total. The van der Waals surface area contributed by atoms with Crippen molar-refractivity contribution in [2.75, 3.05) is 25.5 Å². The van der Waals surface area contributed by atoms with Crippen LogP contribution in [0.4, 0.5) is 10.5 Å². The summed E-state index contributed by atoms with van der Waals surface area (Å²) in [6.07, 6.45) is 0.970. The summed E-state index contributed by atoms with van der Waals surface area (Å²) in [5, 5.41) is 11.8. The minimum absolute atomic E-state index is 0.0476. The van der Waals surface area contributed by atoms with Gasteiger partial charge in [0.1, 0.15) is 5.75 Å². The van der Waals surface area contributed by atoms with E-state index in [2.05, 4.69) is 12.2 Å². The van der Waals surface area contributed by atoms with Crippen LogP contribution in [0.1, 0.15) is 23.7 Å². The van der Waals surface area contributed by atoms with Crippen molar-refractivity contribution in [1.82, 2.24) is 4.90 Å². The summed E-state index contributed by atoms with van der Waals surface area (Å²) in [5.74, 6) is -0.108. The van der Waals surface area contributed by atoms with E-state index in [0.717, 1.165) is 6.42 Å². The predicted octanol–water partition coefficient (Wildman–Crippen LogP) is 2.27. The maximum Gasteiger partial charge on any atom is 0.337 e. The van der Waals surface area contributed by atoms with Crippen LogP contribution in [0.5, 0.6) is 5.75 Å². The summed E-state index contributed by atoms with van der Waals surface area (Å²) in [4.78, 5) is 25.0. The van der Waals surface area contributed by atoms with Crippen molar-refractivity contribution in [3.63, 3.8) is 0 Å². The van der Waals surface area contributed by atoms with Gasteiger partial charge in [0.25, 0.3) is 0 Å². The molecule has 108 valence electrons. The molecular weight excluding hydrogens is 260 g/mol. The standard InChI is InChI=1S/C14H18N2O4/c1-9-5-6-16(8-9)14(19)15-12-7-10(20-2)3-4-11(12)13(17)18/h3-4,7,9H,5-6,8H2,1-2H3,(H,15,19)(H,17,18). The number of carbonyl (C=O) groups is 2. The number of ether oxygens (including phenoxy) is 1. The Kier molecular flexibility index (Phi) is 4.12. The van der Waals surface area contributed by atoms with Crippen LogP contribution in [0.25, 0.3) is 0 Å². The Balaban J connectivity index is 2.18. The zero-order chi connectivity index (χ0) is 14.7. The molecule has 1 saturated heterocycles. The minimum Gasteiger partial charge on any atom is -0.497 e. The van der Waals surface area contributed by atoms with E-state index in [1.54, 1.807) is 11.0 Å². The van der Waals surface area contributed by atoms with Gasteiger partial charge >= 0.3 is 12.0 Å². The molecule has 1 unspecified atom stereocenters. The highest BCUT2D eigenvalue weighted by Crippen LogP contribution is 2.24. The number of methoxy groups -OCH3 is 1. The first-order valence-corrected chi connectivity index (χ1v) is 6.48. The molecule has 2 rings (SSSR count). The number of urea groups is 1. The number of likely N-dealkylation sites (tertiary alicyclic amines) is 1. The fourth-order valence-electron chi connectivity index (χ4n) is 2.25. The molecule has 1 aromatic rings. The van der Waals surface area contributed by atoms with Crippen molar-refractivity contribution in [3.8, 4) is 5.75 Å². The Morgan fingerprint density at radius 2 is 2.20 bits per heavy atom. The molecule has 0 aliphatic carbocycles. The number of rotatable bonds is 3. The Morgan fingerprint density at radius 1 is 1.45 bits per heavy atom. The van der Waals surface area contributed by atoms with E-state index in [1.807, 2.05) is 0 Å². The minimum atomic E-state index is -1.09. The van der Waals surface area contributed by atoms with Gasteiger partial charge in [-0.3, -0.25) is 0 Å². The van der Waals surface area contributed by atoms with Crippen LogP contribution in [0.15, 0.2) is 18.2 Å². The molecule has 0 aromatic heterocycles. The number of nitrogens with one attached hydrogen (secondary N) is 1. The fraction of sp³-hybridized carbons (Fsp3) is 0.429.